The number of fused-ring (bicyclic) bond motifs is 1. The van der Waals surface area contributed by atoms with E-state index in [0.717, 1.165) is 22.3 Å². The van der Waals surface area contributed by atoms with Crippen molar-refractivity contribution >= 4 is 11.0 Å². The summed E-state index contributed by atoms with van der Waals surface area (Å²) in [6.07, 6.45) is 0. The molecule has 0 amide bonds. The van der Waals surface area contributed by atoms with E-state index in [1.165, 1.54) is 0 Å². The molecule has 0 atom stereocenters. The molecule has 19 heavy (non-hydrogen) atoms. The van der Waals surface area contributed by atoms with Gasteiger partial charge in [-0.05, 0) is 18.2 Å². The molecule has 0 bridgehead atoms. The maximum absolute atomic E-state index is 12.0. The summed E-state index contributed by atoms with van der Waals surface area (Å²) >= 11 is 0. The number of nitrogens with one attached hydrogen (secondary N) is 1. The number of rotatable bonds is 3. The minimum absolute atomic E-state index is 0.105. The Morgan fingerprint density at radius 2 is 1.84 bits per heavy atom. The maximum Gasteiger partial charge on any atom is 0.326 e. The van der Waals surface area contributed by atoms with Crippen molar-refractivity contribution in [1.82, 2.24) is 9.55 Å². The largest absolute Gasteiger partial charge is 0.496 e. The average Bonchev–Trinajstić information content (AvgIpc) is 2.76. The number of nitrogens with zero attached hydrogens (tertiary/aromatic N) is 1. The zero-order chi connectivity index (χ0) is 13.2. The van der Waals surface area contributed by atoms with Gasteiger partial charge in [-0.2, -0.15) is 0 Å². The first-order valence-electron chi connectivity index (χ1n) is 6.09. The van der Waals surface area contributed by atoms with Gasteiger partial charge in [-0.1, -0.05) is 30.3 Å². The van der Waals surface area contributed by atoms with Crippen LogP contribution in [0.1, 0.15) is 5.56 Å². The Morgan fingerprint density at radius 3 is 2.68 bits per heavy atom. The molecule has 96 valence electrons. The van der Waals surface area contributed by atoms with Crippen molar-refractivity contribution in [2.24, 2.45) is 0 Å². The number of methoxy groups -OCH3 is 1. The van der Waals surface area contributed by atoms with Crippen LogP contribution in [0.15, 0.2) is 53.3 Å². The van der Waals surface area contributed by atoms with Crippen molar-refractivity contribution in [3.8, 4) is 5.75 Å². The second kappa shape index (κ2) is 4.65. The first-order chi connectivity index (χ1) is 9.29. The summed E-state index contributed by atoms with van der Waals surface area (Å²) in [4.78, 5) is 14.9. The topological polar surface area (TPSA) is 47.0 Å². The third-order valence-corrected chi connectivity index (χ3v) is 3.20. The summed E-state index contributed by atoms with van der Waals surface area (Å²) in [5, 5.41) is 0. The highest BCUT2D eigenvalue weighted by Gasteiger charge is 2.09. The molecule has 0 aliphatic rings. The molecule has 4 heteroatoms. The fourth-order valence-corrected chi connectivity index (χ4v) is 2.27. The van der Waals surface area contributed by atoms with Crippen LogP contribution < -0.4 is 10.4 Å². The molecule has 3 aromatic rings. The zero-order valence-electron chi connectivity index (χ0n) is 10.6. The van der Waals surface area contributed by atoms with Gasteiger partial charge < -0.3 is 9.72 Å². The van der Waals surface area contributed by atoms with Gasteiger partial charge in [-0.15, -0.1) is 0 Å². The first-order valence-corrected chi connectivity index (χ1v) is 6.09. The van der Waals surface area contributed by atoms with E-state index in [1.54, 1.807) is 11.7 Å². The summed E-state index contributed by atoms with van der Waals surface area (Å²) in [6.45, 7) is 0.493. The maximum atomic E-state index is 12.0. The highest BCUT2D eigenvalue weighted by molar-refractivity contribution is 5.75. The molecule has 1 N–H and O–H groups in total. The van der Waals surface area contributed by atoms with Gasteiger partial charge >= 0.3 is 5.69 Å². The van der Waals surface area contributed by atoms with Crippen LogP contribution >= 0.6 is 0 Å². The molecular formula is C15H14N2O2. The van der Waals surface area contributed by atoms with Gasteiger partial charge in [0.2, 0.25) is 0 Å². The normalized spacial score (nSPS) is 10.8. The molecule has 2 aromatic carbocycles. The van der Waals surface area contributed by atoms with Crippen molar-refractivity contribution in [3.63, 3.8) is 0 Å². The molecule has 0 radical (unpaired) electrons. The van der Waals surface area contributed by atoms with Crippen molar-refractivity contribution in [1.29, 1.82) is 0 Å². The minimum atomic E-state index is -0.105. The van der Waals surface area contributed by atoms with Crippen LogP contribution in [0.3, 0.4) is 0 Å². The number of aromatic nitrogens is 2. The molecule has 0 aliphatic heterocycles. The first kappa shape index (κ1) is 11.6. The molecule has 0 unspecified atom stereocenters. The molecule has 0 spiro atoms. The van der Waals surface area contributed by atoms with E-state index in [0.29, 0.717) is 6.54 Å². The molecule has 0 saturated heterocycles. The van der Waals surface area contributed by atoms with Crippen LogP contribution in [0.5, 0.6) is 5.75 Å². The van der Waals surface area contributed by atoms with Gasteiger partial charge in [0.15, 0.2) is 0 Å². The molecule has 0 aliphatic carbocycles. The number of para-hydroxylation sites is 3. The predicted molar refractivity (Wildman–Crippen MR) is 74.7 cm³/mol. The monoisotopic (exact) mass is 254 g/mol. The van der Waals surface area contributed by atoms with Crippen LogP contribution in [-0.4, -0.2) is 16.7 Å². The minimum Gasteiger partial charge on any atom is -0.496 e. The van der Waals surface area contributed by atoms with Crippen molar-refractivity contribution < 1.29 is 4.74 Å². The highest BCUT2D eigenvalue weighted by Crippen LogP contribution is 2.19. The lowest BCUT2D eigenvalue weighted by molar-refractivity contribution is 0.408. The molecule has 4 nitrogen and oxygen atoms in total. The smallest absolute Gasteiger partial charge is 0.326 e. The SMILES string of the molecule is COc1ccccc1Cn1c(=O)[nH]c2ccccc21. The number of imidazole rings is 1. The Balaban J connectivity index is 2.11. The molecule has 3 rings (SSSR count). The zero-order valence-corrected chi connectivity index (χ0v) is 10.6. The Bertz CT molecular complexity index is 771. The summed E-state index contributed by atoms with van der Waals surface area (Å²) in [7, 11) is 1.64. The summed E-state index contributed by atoms with van der Waals surface area (Å²) in [6, 6.07) is 15.4. The van der Waals surface area contributed by atoms with E-state index in [1.807, 2.05) is 48.5 Å². The standard InChI is InChI=1S/C15H14N2O2/c1-19-14-9-5-2-6-11(14)10-17-13-8-4-3-7-12(13)16-15(17)18/h2-9H,10H2,1H3,(H,16,18). The van der Waals surface area contributed by atoms with Crippen LogP contribution in [0.2, 0.25) is 0 Å². The highest BCUT2D eigenvalue weighted by atomic mass is 16.5. The third kappa shape index (κ3) is 2.01. The van der Waals surface area contributed by atoms with E-state index >= 15 is 0 Å². The lowest BCUT2D eigenvalue weighted by Gasteiger charge is -2.08. The van der Waals surface area contributed by atoms with Gasteiger partial charge in [-0.3, -0.25) is 4.57 Å². The Hall–Kier alpha value is -2.49. The van der Waals surface area contributed by atoms with E-state index < -0.39 is 0 Å². The molecule has 0 fully saturated rings. The predicted octanol–water partition coefficient (Wildman–Crippen LogP) is 2.39. The van der Waals surface area contributed by atoms with Crippen LogP contribution in [0.4, 0.5) is 0 Å². The van der Waals surface area contributed by atoms with Crippen LogP contribution in [0.25, 0.3) is 11.0 Å². The third-order valence-electron chi connectivity index (χ3n) is 3.20. The summed E-state index contributed by atoms with van der Waals surface area (Å²) < 4.78 is 7.04. The Labute approximate surface area is 110 Å². The number of H-pyrrole nitrogens is 1. The summed E-state index contributed by atoms with van der Waals surface area (Å²) in [5.74, 6) is 0.791. The summed E-state index contributed by atoms with van der Waals surface area (Å²) in [5.41, 5.74) is 2.63. The van der Waals surface area contributed by atoms with Gasteiger partial charge in [0.25, 0.3) is 0 Å². The fourth-order valence-electron chi connectivity index (χ4n) is 2.27. The number of hydrogen-bond donors (Lipinski definition) is 1. The number of ether oxygens (including phenoxy) is 1. The van der Waals surface area contributed by atoms with Gasteiger partial charge in [-0.25, -0.2) is 4.79 Å². The van der Waals surface area contributed by atoms with Gasteiger partial charge in [0.05, 0.1) is 24.7 Å². The Morgan fingerprint density at radius 1 is 1.11 bits per heavy atom. The van der Waals surface area contributed by atoms with E-state index in [2.05, 4.69) is 4.98 Å². The Kier molecular flexibility index (Phi) is 2.83. The van der Waals surface area contributed by atoms with Gasteiger partial charge in [0, 0.05) is 5.56 Å². The van der Waals surface area contributed by atoms with Crippen LogP contribution in [-0.2, 0) is 6.54 Å². The van der Waals surface area contributed by atoms with Gasteiger partial charge in [0.1, 0.15) is 5.75 Å². The quantitative estimate of drug-likeness (QED) is 0.780. The van der Waals surface area contributed by atoms with E-state index in [-0.39, 0.29) is 5.69 Å². The lowest BCUT2D eigenvalue weighted by Crippen LogP contribution is -2.17. The molecule has 0 saturated carbocycles. The van der Waals surface area contributed by atoms with Crippen molar-refractivity contribution in [2.75, 3.05) is 7.11 Å². The lowest BCUT2D eigenvalue weighted by atomic mass is 10.2. The molecule has 1 heterocycles. The second-order valence-electron chi connectivity index (χ2n) is 4.35. The van der Waals surface area contributed by atoms with E-state index in [4.69, 9.17) is 4.74 Å². The van der Waals surface area contributed by atoms with E-state index in [9.17, 15) is 4.79 Å². The van der Waals surface area contributed by atoms with Crippen molar-refractivity contribution in [3.05, 3.63) is 64.6 Å². The second-order valence-corrected chi connectivity index (χ2v) is 4.35. The molecular weight excluding hydrogens is 240 g/mol. The average molecular weight is 254 g/mol. The molecule has 1 aromatic heterocycles. The fraction of sp³-hybridized carbons (Fsp3) is 0.133. The number of hydrogen-bond acceptors (Lipinski definition) is 2. The number of benzene rings is 2. The van der Waals surface area contributed by atoms with Crippen LogP contribution in [0, 0.1) is 0 Å². The van der Waals surface area contributed by atoms with Crippen molar-refractivity contribution in [2.45, 2.75) is 6.54 Å². The number of aromatic amines is 1.